The first-order valence-electron chi connectivity index (χ1n) is 6.24. The molecular weight excluding hydrogens is 285 g/mol. The van der Waals surface area contributed by atoms with E-state index in [4.69, 9.17) is 23.2 Å². The van der Waals surface area contributed by atoms with Gasteiger partial charge in [-0.1, -0.05) is 43.1 Å². The van der Waals surface area contributed by atoms with Crippen molar-refractivity contribution in [3.05, 3.63) is 33.8 Å². The molecule has 1 heterocycles. The lowest BCUT2D eigenvalue weighted by Gasteiger charge is -2.15. The highest BCUT2D eigenvalue weighted by Gasteiger charge is 2.35. The van der Waals surface area contributed by atoms with Crippen LogP contribution >= 0.6 is 23.2 Å². The Morgan fingerprint density at radius 3 is 2.32 bits per heavy atom. The Bertz CT molecular complexity index is 488. The molecule has 5 heteroatoms. The van der Waals surface area contributed by atoms with Crippen LogP contribution in [0.4, 0.5) is 0 Å². The van der Waals surface area contributed by atoms with Gasteiger partial charge in [0, 0.05) is 6.54 Å². The Morgan fingerprint density at radius 2 is 1.84 bits per heavy atom. The van der Waals surface area contributed by atoms with Crippen molar-refractivity contribution in [2.24, 2.45) is 5.92 Å². The average Bonchev–Trinajstić information content (AvgIpc) is 2.64. The Kier molecular flexibility index (Phi) is 5.83. The molecule has 0 N–H and O–H groups in total. The van der Waals surface area contributed by atoms with Gasteiger partial charge in [0.1, 0.15) is 0 Å². The highest BCUT2D eigenvalue weighted by molar-refractivity contribution is 6.42. The zero-order valence-electron chi connectivity index (χ0n) is 11.2. The van der Waals surface area contributed by atoms with Gasteiger partial charge in [0.2, 0.25) is 5.91 Å². The molecule has 1 saturated heterocycles. The first-order valence-corrected chi connectivity index (χ1v) is 7.00. The fourth-order valence-electron chi connectivity index (χ4n) is 1.81. The molecule has 0 aromatic heterocycles. The van der Waals surface area contributed by atoms with Gasteiger partial charge in [0.25, 0.3) is 0 Å². The van der Waals surface area contributed by atoms with Crippen LogP contribution in [-0.2, 0) is 16.1 Å². The van der Waals surface area contributed by atoms with Gasteiger partial charge in [0.05, 0.1) is 22.5 Å². The molecule has 1 aliphatic rings. The third-order valence-corrected chi connectivity index (χ3v) is 3.61. The fraction of sp³-hybridized carbons (Fsp3) is 0.429. The maximum Gasteiger partial charge on any atom is 0.233 e. The summed E-state index contributed by atoms with van der Waals surface area (Å²) >= 11 is 11.7. The molecule has 1 aromatic carbocycles. The quantitative estimate of drug-likeness (QED) is 0.783. The van der Waals surface area contributed by atoms with Crippen molar-refractivity contribution in [3.63, 3.8) is 0 Å². The minimum absolute atomic E-state index is 0.0324. The molecule has 104 valence electrons. The normalized spacial score (nSPS) is 18.4. The number of hydrogen-bond donors (Lipinski definition) is 0. The third kappa shape index (κ3) is 3.71. The fourth-order valence-corrected chi connectivity index (χ4v) is 2.13. The monoisotopic (exact) mass is 301 g/mol. The van der Waals surface area contributed by atoms with Crippen molar-refractivity contribution >= 4 is 34.9 Å². The lowest BCUT2D eigenvalue weighted by molar-refractivity contribution is -0.132. The van der Waals surface area contributed by atoms with E-state index in [0.717, 1.165) is 5.56 Å². The summed E-state index contributed by atoms with van der Waals surface area (Å²) in [6.45, 7) is 6.21. The molecular formula is C14H17Cl2NO2. The zero-order valence-corrected chi connectivity index (χ0v) is 12.8. The molecule has 1 aromatic rings. The van der Waals surface area contributed by atoms with Gasteiger partial charge in [0.15, 0.2) is 5.78 Å². The lowest BCUT2D eigenvalue weighted by Crippen LogP contribution is -2.26. The summed E-state index contributed by atoms with van der Waals surface area (Å²) in [5.41, 5.74) is 0.870. The van der Waals surface area contributed by atoms with E-state index in [-0.39, 0.29) is 18.2 Å². The molecule has 19 heavy (non-hydrogen) atoms. The number of ketones is 1. The summed E-state index contributed by atoms with van der Waals surface area (Å²) in [4.78, 5) is 24.6. The number of likely N-dealkylation sites (tertiary alicyclic amines) is 1. The van der Waals surface area contributed by atoms with E-state index < -0.39 is 5.92 Å². The second-order valence-electron chi connectivity index (χ2n) is 4.13. The molecule has 0 bridgehead atoms. The highest BCUT2D eigenvalue weighted by atomic mass is 35.5. The molecule has 1 fully saturated rings. The number of Topliss-reactive ketones (excluding diaryl/α,β-unsaturated/α-hetero) is 1. The van der Waals surface area contributed by atoms with Gasteiger partial charge < -0.3 is 4.90 Å². The molecule has 0 aliphatic carbocycles. The molecule has 1 amide bonds. The molecule has 1 atom stereocenters. The number of rotatable bonds is 2. The van der Waals surface area contributed by atoms with Crippen LogP contribution in [0, 0.1) is 5.92 Å². The van der Waals surface area contributed by atoms with Crippen LogP contribution in [0.5, 0.6) is 0 Å². The Balaban J connectivity index is 0.000000861. The maximum atomic E-state index is 11.7. The second kappa shape index (κ2) is 6.92. The first kappa shape index (κ1) is 16.0. The summed E-state index contributed by atoms with van der Waals surface area (Å²) < 4.78 is 0. The second-order valence-corrected chi connectivity index (χ2v) is 4.95. The minimum atomic E-state index is -0.516. The van der Waals surface area contributed by atoms with Crippen molar-refractivity contribution in [2.75, 3.05) is 6.54 Å². The Hall–Kier alpha value is -1.06. The summed E-state index contributed by atoms with van der Waals surface area (Å²) in [7, 11) is 0. The molecule has 0 saturated carbocycles. The summed E-state index contributed by atoms with van der Waals surface area (Å²) in [6, 6.07) is 5.20. The van der Waals surface area contributed by atoms with Gasteiger partial charge in [-0.25, -0.2) is 0 Å². The number of carbonyl (C=O) groups is 2. The SMILES string of the molecule is CC.CC1C(=O)CN(Cc2ccc(Cl)c(Cl)c2)C1=O. The van der Waals surface area contributed by atoms with Gasteiger partial charge in [-0.15, -0.1) is 0 Å². The summed E-state index contributed by atoms with van der Waals surface area (Å²) in [6.07, 6.45) is 0. The number of nitrogens with zero attached hydrogens (tertiary/aromatic N) is 1. The molecule has 1 aliphatic heterocycles. The van der Waals surface area contributed by atoms with Gasteiger partial charge >= 0.3 is 0 Å². The predicted octanol–water partition coefficient (Wildman–Crippen LogP) is 3.57. The number of hydrogen-bond acceptors (Lipinski definition) is 2. The van der Waals surface area contributed by atoms with E-state index in [9.17, 15) is 9.59 Å². The lowest BCUT2D eigenvalue weighted by atomic mass is 10.1. The van der Waals surface area contributed by atoms with Gasteiger partial charge in [-0.05, 0) is 24.6 Å². The van der Waals surface area contributed by atoms with E-state index in [1.165, 1.54) is 4.90 Å². The van der Waals surface area contributed by atoms with Crippen LogP contribution in [0.15, 0.2) is 18.2 Å². The number of halogens is 2. The summed E-state index contributed by atoms with van der Waals surface area (Å²) in [5, 5.41) is 0.933. The van der Waals surface area contributed by atoms with Gasteiger partial charge in [-0.2, -0.15) is 0 Å². The van der Waals surface area contributed by atoms with Crippen LogP contribution in [0.25, 0.3) is 0 Å². The standard InChI is InChI=1S/C12H11Cl2NO2.C2H6/c1-7-11(16)6-15(12(7)17)5-8-2-3-9(13)10(14)4-8;1-2/h2-4,7H,5-6H2,1H3;1-2H3. The minimum Gasteiger partial charge on any atom is -0.330 e. The molecule has 1 unspecified atom stereocenters. The van der Waals surface area contributed by atoms with E-state index in [1.807, 2.05) is 13.8 Å². The van der Waals surface area contributed by atoms with Crippen molar-refractivity contribution in [3.8, 4) is 0 Å². The highest BCUT2D eigenvalue weighted by Crippen LogP contribution is 2.24. The average molecular weight is 302 g/mol. The van der Waals surface area contributed by atoms with Crippen LogP contribution in [-0.4, -0.2) is 23.1 Å². The molecule has 2 rings (SSSR count). The van der Waals surface area contributed by atoms with Crippen molar-refractivity contribution < 1.29 is 9.59 Å². The number of carbonyl (C=O) groups excluding carboxylic acids is 2. The predicted molar refractivity (Wildman–Crippen MR) is 77.4 cm³/mol. The van der Waals surface area contributed by atoms with Crippen LogP contribution < -0.4 is 0 Å². The van der Waals surface area contributed by atoms with Crippen LogP contribution in [0.3, 0.4) is 0 Å². The van der Waals surface area contributed by atoms with E-state index in [2.05, 4.69) is 0 Å². The Labute approximate surface area is 123 Å². The largest absolute Gasteiger partial charge is 0.330 e. The molecule has 3 nitrogen and oxygen atoms in total. The van der Waals surface area contributed by atoms with Gasteiger partial charge in [-0.3, -0.25) is 9.59 Å². The zero-order chi connectivity index (χ0) is 14.6. The first-order chi connectivity index (χ1) is 8.99. The number of benzene rings is 1. The maximum absolute atomic E-state index is 11.7. The third-order valence-electron chi connectivity index (χ3n) is 2.87. The molecule has 0 radical (unpaired) electrons. The summed E-state index contributed by atoms with van der Waals surface area (Å²) in [5.74, 6) is -0.672. The topological polar surface area (TPSA) is 37.4 Å². The van der Waals surface area contributed by atoms with Crippen LogP contribution in [0.2, 0.25) is 10.0 Å². The van der Waals surface area contributed by atoms with E-state index in [1.54, 1.807) is 25.1 Å². The molecule has 0 spiro atoms. The van der Waals surface area contributed by atoms with Crippen molar-refractivity contribution in [1.29, 1.82) is 0 Å². The van der Waals surface area contributed by atoms with Crippen molar-refractivity contribution in [1.82, 2.24) is 4.90 Å². The van der Waals surface area contributed by atoms with Crippen molar-refractivity contribution in [2.45, 2.75) is 27.3 Å². The van der Waals surface area contributed by atoms with Crippen LogP contribution in [0.1, 0.15) is 26.3 Å². The Morgan fingerprint density at radius 1 is 1.21 bits per heavy atom. The number of amides is 1. The van der Waals surface area contributed by atoms with E-state index >= 15 is 0 Å². The van der Waals surface area contributed by atoms with E-state index in [0.29, 0.717) is 16.6 Å². The smallest absolute Gasteiger partial charge is 0.233 e.